The van der Waals surface area contributed by atoms with Gasteiger partial charge in [0, 0.05) is 11.6 Å². The van der Waals surface area contributed by atoms with Gasteiger partial charge in [0.1, 0.15) is 11.6 Å². The van der Waals surface area contributed by atoms with E-state index < -0.39 is 17.7 Å². The Bertz CT molecular complexity index is 371. The van der Waals surface area contributed by atoms with E-state index in [1.54, 1.807) is 0 Å². The quantitative estimate of drug-likeness (QED) is 0.735. The number of unbranched alkanes of at least 4 members (excludes halogenated alkanes) is 1. The maximum Gasteiger partial charge on any atom is 0.129 e. The number of halogens is 2. The van der Waals surface area contributed by atoms with Crippen LogP contribution in [-0.4, -0.2) is 17.7 Å². The van der Waals surface area contributed by atoms with E-state index in [2.05, 4.69) is 12.2 Å². The first kappa shape index (κ1) is 15.1. The summed E-state index contributed by atoms with van der Waals surface area (Å²) in [6, 6.07) is 2.90. The van der Waals surface area contributed by atoms with Crippen molar-refractivity contribution < 1.29 is 13.9 Å². The zero-order chi connectivity index (χ0) is 13.5. The molecule has 4 heteroatoms. The van der Waals surface area contributed by atoms with Crippen LogP contribution in [0.1, 0.15) is 44.8 Å². The fourth-order valence-corrected chi connectivity index (χ4v) is 1.90. The maximum absolute atomic E-state index is 13.6. The summed E-state index contributed by atoms with van der Waals surface area (Å²) in [4.78, 5) is 0. The van der Waals surface area contributed by atoms with Crippen molar-refractivity contribution in [2.45, 2.75) is 45.3 Å². The molecule has 0 aromatic heterocycles. The summed E-state index contributed by atoms with van der Waals surface area (Å²) < 4.78 is 26.6. The summed E-state index contributed by atoms with van der Waals surface area (Å²) in [5.41, 5.74) is 0.0193. The van der Waals surface area contributed by atoms with Gasteiger partial charge < -0.3 is 10.4 Å². The Morgan fingerprint density at radius 1 is 1.28 bits per heavy atom. The summed E-state index contributed by atoms with van der Waals surface area (Å²) in [7, 11) is 0. The number of aliphatic hydroxyl groups excluding tert-OH is 1. The highest BCUT2D eigenvalue weighted by Gasteiger charge is 2.22. The fraction of sp³-hybridized carbons (Fsp3) is 0.571. The van der Waals surface area contributed by atoms with Crippen LogP contribution in [0.5, 0.6) is 0 Å². The van der Waals surface area contributed by atoms with Crippen LogP contribution in [0, 0.1) is 11.6 Å². The van der Waals surface area contributed by atoms with E-state index in [0.717, 1.165) is 37.6 Å². The van der Waals surface area contributed by atoms with Crippen molar-refractivity contribution in [1.29, 1.82) is 0 Å². The Morgan fingerprint density at radius 2 is 2.00 bits per heavy atom. The van der Waals surface area contributed by atoms with Gasteiger partial charge in [0.2, 0.25) is 0 Å². The molecule has 0 aliphatic carbocycles. The second-order valence-corrected chi connectivity index (χ2v) is 4.43. The molecule has 2 N–H and O–H groups in total. The molecule has 2 nitrogen and oxygen atoms in total. The van der Waals surface area contributed by atoms with Crippen LogP contribution >= 0.6 is 0 Å². The van der Waals surface area contributed by atoms with Crippen LogP contribution in [0.4, 0.5) is 8.78 Å². The van der Waals surface area contributed by atoms with E-state index in [9.17, 15) is 13.9 Å². The lowest BCUT2D eigenvalue weighted by Crippen LogP contribution is -2.35. The molecule has 0 radical (unpaired) electrons. The third kappa shape index (κ3) is 4.03. The second kappa shape index (κ2) is 7.44. The molecule has 0 bridgehead atoms. The number of aliphatic hydroxyl groups is 1. The van der Waals surface area contributed by atoms with Crippen LogP contribution < -0.4 is 5.32 Å². The first-order valence-electron chi connectivity index (χ1n) is 6.46. The summed E-state index contributed by atoms with van der Waals surface area (Å²) in [5, 5.41) is 13.3. The molecule has 102 valence electrons. The predicted octanol–water partition coefficient (Wildman–Crippen LogP) is 3.17. The molecule has 0 aliphatic rings. The molecule has 0 amide bonds. The molecule has 0 heterocycles. The smallest absolute Gasteiger partial charge is 0.129 e. The van der Waals surface area contributed by atoms with Crippen molar-refractivity contribution >= 4 is 0 Å². The lowest BCUT2D eigenvalue weighted by atomic mass is 9.99. The minimum Gasteiger partial charge on any atom is -0.387 e. The average molecular weight is 257 g/mol. The van der Waals surface area contributed by atoms with Gasteiger partial charge in [-0.3, -0.25) is 0 Å². The number of hydrogen-bond acceptors (Lipinski definition) is 2. The van der Waals surface area contributed by atoms with Crippen LogP contribution in [0.25, 0.3) is 0 Å². The van der Waals surface area contributed by atoms with E-state index in [-0.39, 0.29) is 11.6 Å². The summed E-state index contributed by atoms with van der Waals surface area (Å²) >= 11 is 0. The molecule has 1 aromatic carbocycles. The average Bonchev–Trinajstić information content (AvgIpc) is 2.37. The molecule has 2 atom stereocenters. The van der Waals surface area contributed by atoms with E-state index >= 15 is 0 Å². The summed E-state index contributed by atoms with van der Waals surface area (Å²) in [5.74, 6) is -1.10. The van der Waals surface area contributed by atoms with Crippen molar-refractivity contribution in [3.63, 3.8) is 0 Å². The Morgan fingerprint density at radius 3 is 2.61 bits per heavy atom. The van der Waals surface area contributed by atoms with Crippen molar-refractivity contribution in [1.82, 2.24) is 5.32 Å². The van der Waals surface area contributed by atoms with Gasteiger partial charge in [-0.1, -0.05) is 20.3 Å². The van der Waals surface area contributed by atoms with Crippen LogP contribution in [-0.2, 0) is 0 Å². The molecular formula is C14H21F2NO. The summed E-state index contributed by atoms with van der Waals surface area (Å²) in [6.45, 7) is 4.75. The largest absolute Gasteiger partial charge is 0.387 e. The monoisotopic (exact) mass is 257 g/mol. The first-order valence-corrected chi connectivity index (χ1v) is 6.46. The topological polar surface area (TPSA) is 32.3 Å². The van der Waals surface area contributed by atoms with Gasteiger partial charge >= 0.3 is 0 Å². The van der Waals surface area contributed by atoms with E-state index in [0.29, 0.717) is 6.42 Å². The van der Waals surface area contributed by atoms with Crippen molar-refractivity contribution in [3.05, 3.63) is 35.4 Å². The second-order valence-electron chi connectivity index (χ2n) is 4.43. The first-order chi connectivity index (χ1) is 8.60. The zero-order valence-electron chi connectivity index (χ0n) is 10.9. The third-order valence-corrected chi connectivity index (χ3v) is 3.03. The molecule has 0 saturated heterocycles. The fourth-order valence-electron chi connectivity index (χ4n) is 1.90. The molecule has 0 aliphatic heterocycles. The van der Waals surface area contributed by atoms with Crippen LogP contribution in [0.2, 0.25) is 0 Å². The van der Waals surface area contributed by atoms with Crippen LogP contribution in [0.3, 0.4) is 0 Å². The highest BCUT2D eigenvalue weighted by atomic mass is 19.1. The van der Waals surface area contributed by atoms with Crippen LogP contribution in [0.15, 0.2) is 18.2 Å². The standard InChI is InChI=1S/C14H21F2NO/c1-3-5-8-17-13(4-2)14(18)11-9-10(15)6-7-12(11)16/h6-7,9,13-14,17-18H,3-5,8H2,1-2H3. The lowest BCUT2D eigenvalue weighted by Gasteiger charge is -2.23. The Balaban J connectivity index is 2.75. The number of rotatable bonds is 7. The minimum absolute atomic E-state index is 0.0193. The molecule has 1 rings (SSSR count). The Hall–Kier alpha value is -1.00. The van der Waals surface area contributed by atoms with E-state index in [4.69, 9.17) is 0 Å². The summed E-state index contributed by atoms with van der Waals surface area (Å²) in [6.07, 6.45) is 1.67. The maximum atomic E-state index is 13.6. The molecule has 0 spiro atoms. The van der Waals surface area contributed by atoms with Gasteiger partial charge in [-0.15, -0.1) is 0 Å². The molecule has 0 saturated carbocycles. The number of nitrogens with one attached hydrogen (secondary N) is 1. The Kier molecular flexibility index (Phi) is 6.22. The zero-order valence-corrected chi connectivity index (χ0v) is 10.9. The SMILES string of the molecule is CCCCNC(CC)C(O)c1cc(F)ccc1F. The normalized spacial score (nSPS) is 14.5. The van der Waals surface area contributed by atoms with Gasteiger partial charge in [0.05, 0.1) is 6.10 Å². The Labute approximate surface area is 107 Å². The van der Waals surface area contributed by atoms with Gasteiger partial charge in [-0.05, 0) is 37.6 Å². The molecular weight excluding hydrogens is 236 g/mol. The van der Waals surface area contributed by atoms with E-state index in [1.165, 1.54) is 0 Å². The van der Waals surface area contributed by atoms with Crippen molar-refractivity contribution in [2.75, 3.05) is 6.54 Å². The molecule has 0 fully saturated rings. The van der Waals surface area contributed by atoms with Gasteiger partial charge in [-0.2, -0.15) is 0 Å². The third-order valence-electron chi connectivity index (χ3n) is 3.03. The van der Waals surface area contributed by atoms with Crippen molar-refractivity contribution in [2.24, 2.45) is 0 Å². The molecule has 2 unspecified atom stereocenters. The number of hydrogen-bond donors (Lipinski definition) is 2. The minimum atomic E-state index is -1.03. The predicted molar refractivity (Wildman–Crippen MR) is 68.3 cm³/mol. The van der Waals surface area contributed by atoms with Gasteiger partial charge in [-0.25, -0.2) is 8.78 Å². The lowest BCUT2D eigenvalue weighted by molar-refractivity contribution is 0.121. The number of benzene rings is 1. The van der Waals surface area contributed by atoms with E-state index in [1.807, 2.05) is 6.92 Å². The highest BCUT2D eigenvalue weighted by Crippen LogP contribution is 2.22. The van der Waals surface area contributed by atoms with Crippen molar-refractivity contribution in [3.8, 4) is 0 Å². The van der Waals surface area contributed by atoms with Gasteiger partial charge in [0.25, 0.3) is 0 Å². The highest BCUT2D eigenvalue weighted by molar-refractivity contribution is 5.22. The molecule has 18 heavy (non-hydrogen) atoms. The molecule has 1 aromatic rings. The van der Waals surface area contributed by atoms with Gasteiger partial charge in [0.15, 0.2) is 0 Å².